The van der Waals surface area contributed by atoms with Crippen molar-refractivity contribution in [2.75, 3.05) is 11.1 Å². The maximum absolute atomic E-state index is 5.78. The van der Waals surface area contributed by atoms with Gasteiger partial charge in [0.2, 0.25) is 11.9 Å². The van der Waals surface area contributed by atoms with E-state index in [1.54, 1.807) is 17.1 Å². The predicted octanol–water partition coefficient (Wildman–Crippen LogP) is 1.06. The summed E-state index contributed by atoms with van der Waals surface area (Å²) in [6.07, 6.45) is 3.37. The van der Waals surface area contributed by atoms with Gasteiger partial charge in [-0.25, -0.2) is 0 Å². The first-order valence-electron chi connectivity index (χ1n) is 5.06. The Hall–Kier alpha value is -2.11. The first kappa shape index (κ1) is 10.4. The van der Waals surface area contributed by atoms with Crippen LogP contribution in [0.2, 0.25) is 0 Å². The Labute approximate surface area is 93.5 Å². The third-order valence-electron chi connectivity index (χ3n) is 1.96. The van der Waals surface area contributed by atoms with E-state index in [0.717, 1.165) is 5.69 Å². The predicted molar refractivity (Wildman–Crippen MR) is 62.3 cm³/mol. The highest BCUT2D eigenvalue weighted by atomic mass is 15.4. The highest BCUT2D eigenvalue weighted by Crippen LogP contribution is 2.12. The molecule has 2 aromatic heterocycles. The second kappa shape index (κ2) is 4.18. The van der Waals surface area contributed by atoms with Crippen molar-refractivity contribution in [3.8, 4) is 5.69 Å². The fourth-order valence-electron chi connectivity index (χ4n) is 1.32. The zero-order valence-electron chi connectivity index (χ0n) is 9.25. The average Bonchev–Trinajstić information content (AvgIpc) is 2.60. The van der Waals surface area contributed by atoms with Gasteiger partial charge in [-0.15, -0.1) is 5.10 Å². The molecule has 0 bridgehead atoms. The van der Waals surface area contributed by atoms with Gasteiger partial charge in [0, 0.05) is 18.4 Å². The lowest BCUT2D eigenvalue weighted by Crippen LogP contribution is -2.11. The van der Waals surface area contributed by atoms with Crippen molar-refractivity contribution >= 4 is 11.9 Å². The minimum Gasteiger partial charge on any atom is -0.368 e. The van der Waals surface area contributed by atoms with E-state index in [-0.39, 0.29) is 6.04 Å². The molecule has 0 radical (unpaired) electrons. The summed E-state index contributed by atoms with van der Waals surface area (Å²) in [6.45, 7) is 4.03. The maximum Gasteiger partial charge on any atom is 0.244 e. The van der Waals surface area contributed by atoms with Crippen LogP contribution in [0.5, 0.6) is 0 Å². The normalized spacial score (nSPS) is 10.7. The fraction of sp³-hybridized carbons (Fsp3) is 0.300. The standard InChI is InChI=1S/C10H14N6/c1-7(2)13-10-14-9(11)16(15-10)8-3-5-12-6-4-8/h3-7H,1-2H3,(H3,11,13,14,15). The van der Waals surface area contributed by atoms with E-state index in [9.17, 15) is 0 Å². The topological polar surface area (TPSA) is 81.6 Å². The molecule has 0 amide bonds. The van der Waals surface area contributed by atoms with Gasteiger partial charge >= 0.3 is 0 Å². The first-order valence-corrected chi connectivity index (χ1v) is 5.06. The van der Waals surface area contributed by atoms with Gasteiger partial charge in [-0.05, 0) is 26.0 Å². The molecule has 0 aliphatic carbocycles. The molecule has 0 aromatic carbocycles. The molecule has 3 N–H and O–H groups in total. The monoisotopic (exact) mass is 218 g/mol. The number of nitrogens with one attached hydrogen (secondary N) is 1. The van der Waals surface area contributed by atoms with Gasteiger partial charge in [-0.2, -0.15) is 9.67 Å². The third kappa shape index (κ3) is 2.10. The molecular formula is C10H14N6. The Balaban J connectivity index is 2.32. The number of nitrogen functional groups attached to an aromatic ring is 1. The number of pyridine rings is 1. The molecule has 0 unspecified atom stereocenters. The lowest BCUT2D eigenvalue weighted by Gasteiger charge is -2.03. The van der Waals surface area contributed by atoms with Crippen LogP contribution in [-0.2, 0) is 0 Å². The fourth-order valence-corrected chi connectivity index (χ4v) is 1.32. The number of hydrogen-bond donors (Lipinski definition) is 2. The second-order valence-corrected chi connectivity index (χ2v) is 3.71. The Morgan fingerprint density at radius 2 is 2.00 bits per heavy atom. The minimum absolute atomic E-state index is 0.271. The van der Waals surface area contributed by atoms with Crippen LogP contribution in [0, 0.1) is 0 Å². The van der Waals surface area contributed by atoms with E-state index in [0.29, 0.717) is 11.9 Å². The molecule has 0 fully saturated rings. The molecule has 0 aliphatic heterocycles. The summed E-state index contributed by atoms with van der Waals surface area (Å²) in [5.74, 6) is 0.888. The summed E-state index contributed by atoms with van der Waals surface area (Å²) in [7, 11) is 0. The first-order chi connectivity index (χ1) is 7.66. The number of nitrogens with two attached hydrogens (primary N) is 1. The Bertz CT molecular complexity index is 461. The van der Waals surface area contributed by atoms with Crippen LogP contribution in [0.3, 0.4) is 0 Å². The molecule has 2 heterocycles. The van der Waals surface area contributed by atoms with Crippen LogP contribution in [0.25, 0.3) is 5.69 Å². The summed E-state index contributed by atoms with van der Waals surface area (Å²) < 4.78 is 1.58. The molecular weight excluding hydrogens is 204 g/mol. The van der Waals surface area contributed by atoms with Crippen molar-refractivity contribution in [2.45, 2.75) is 19.9 Å². The Morgan fingerprint density at radius 1 is 1.31 bits per heavy atom. The Kier molecular flexibility index (Phi) is 2.72. The van der Waals surface area contributed by atoms with Gasteiger partial charge < -0.3 is 11.1 Å². The quantitative estimate of drug-likeness (QED) is 0.805. The van der Waals surface area contributed by atoms with Crippen molar-refractivity contribution < 1.29 is 0 Å². The number of nitrogens with zero attached hydrogens (tertiary/aromatic N) is 4. The van der Waals surface area contributed by atoms with Crippen LogP contribution in [-0.4, -0.2) is 25.8 Å². The van der Waals surface area contributed by atoms with Gasteiger partial charge in [0.05, 0.1) is 5.69 Å². The average molecular weight is 218 g/mol. The van der Waals surface area contributed by atoms with Gasteiger partial charge in [0.15, 0.2) is 0 Å². The lowest BCUT2D eigenvalue weighted by atomic mass is 10.4. The van der Waals surface area contributed by atoms with Gasteiger partial charge in [0.25, 0.3) is 0 Å². The molecule has 0 atom stereocenters. The highest BCUT2D eigenvalue weighted by Gasteiger charge is 2.08. The zero-order chi connectivity index (χ0) is 11.5. The van der Waals surface area contributed by atoms with E-state index in [1.165, 1.54) is 0 Å². The van der Waals surface area contributed by atoms with Crippen LogP contribution >= 0.6 is 0 Å². The molecule has 84 valence electrons. The molecule has 0 saturated carbocycles. The van der Waals surface area contributed by atoms with Crippen molar-refractivity contribution in [1.82, 2.24) is 19.7 Å². The number of anilines is 2. The summed E-state index contributed by atoms with van der Waals surface area (Å²) in [5.41, 5.74) is 6.62. The van der Waals surface area contributed by atoms with Crippen molar-refractivity contribution in [3.63, 3.8) is 0 Å². The van der Waals surface area contributed by atoms with Crippen LogP contribution in [0.1, 0.15) is 13.8 Å². The van der Waals surface area contributed by atoms with Crippen molar-refractivity contribution in [2.24, 2.45) is 0 Å². The lowest BCUT2D eigenvalue weighted by molar-refractivity contribution is 0.848. The second-order valence-electron chi connectivity index (χ2n) is 3.71. The van der Waals surface area contributed by atoms with E-state index < -0.39 is 0 Å². The van der Waals surface area contributed by atoms with E-state index in [1.807, 2.05) is 26.0 Å². The highest BCUT2D eigenvalue weighted by molar-refractivity contribution is 5.41. The number of aromatic nitrogens is 4. The molecule has 0 saturated heterocycles. The van der Waals surface area contributed by atoms with E-state index in [4.69, 9.17) is 5.73 Å². The largest absolute Gasteiger partial charge is 0.368 e. The molecule has 6 nitrogen and oxygen atoms in total. The molecule has 0 spiro atoms. The SMILES string of the molecule is CC(C)Nc1nc(N)n(-c2ccncc2)n1. The Morgan fingerprint density at radius 3 is 2.62 bits per heavy atom. The number of rotatable bonds is 3. The zero-order valence-corrected chi connectivity index (χ0v) is 9.25. The van der Waals surface area contributed by atoms with Crippen molar-refractivity contribution in [3.05, 3.63) is 24.5 Å². The molecule has 2 aromatic rings. The summed E-state index contributed by atoms with van der Waals surface area (Å²) >= 11 is 0. The minimum atomic E-state index is 0.271. The van der Waals surface area contributed by atoms with Crippen LogP contribution in [0.4, 0.5) is 11.9 Å². The maximum atomic E-state index is 5.78. The van der Waals surface area contributed by atoms with Gasteiger partial charge in [0.1, 0.15) is 0 Å². The van der Waals surface area contributed by atoms with E-state index in [2.05, 4.69) is 20.4 Å². The summed E-state index contributed by atoms with van der Waals surface area (Å²) in [5, 5.41) is 7.36. The van der Waals surface area contributed by atoms with Crippen LogP contribution in [0.15, 0.2) is 24.5 Å². The molecule has 6 heteroatoms. The molecule has 16 heavy (non-hydrogen) atoms. The third-order valence-corrected chi connectivity index (χ3v) is 1.96. The molecule has 0 aliphatic rings. The van der Waals surface area contributed by atoms with Gasteiger partial charge in [-0.1, -0.05) is 0 Å². The van der Waals surface area contributed by atoms with E-state index >= 15 is 0 Å². The van der Waals surface area contributed by atoms with Gasteiger partial charge in [-0.3, -0.25) is 4.98 Å². The summed E-state index contributed by atoms with van der Waals surface area (Å²) in [4.78, 5) is 8.06. The van der Waals surface area contributed by atoms with Crippen LogP contribution < -0.4 is 11.1 Å². The number of hydrogen-bond acceptors (Lipinski definition) is 5. The molecule has 2 rings (SSSR count). The van der Waals surface area contributed by atoms with Crippen molar-refractivity contribution in [1.29, 1.82) is 0 Å². The smallest absolute Gasteiger partial charge is 0.244 e. The summed E-state index contributed by atoms with van der Waals surface area (Å²) in [6, 6.07) is 3.92.